The number of benzene rings is 1. The van der Waals surface area contributed by atoms with Gasteiger partial charge in [0, 0.05) is 19.3 Å². The van der Waals surface area contributed by atoms with Gasteiger partial charge in [0.05, 0.1) is 0 Å². The molecule has 2 heteroatoms. The van der Waals surface area contributed by atoms with E-state index >= 15 is 0 Å². The van der Waals surface area contributed by atoms with E-state index in [9.17, 15) is 0 Å². The molecule has 0 amide bonds. The van der Waals surface area contributed by atoms with Gasteiger partial charge in [0.25, 0.3) is 0 Å². The minimum Gasteiger partial charge on any atom is -0.382 e. The first-order valence-electron chi connectivity index (χ1n) is 8.28. The van der Waals surface area contributed by atoms with Crippen molar-refractivity contribution in [3.05, 3.63) is 35.9 Å². The molecule has 0 heterocycles. The predicted molar refractivity (Wildman–Crippen MR) is 84.9 cm³/mol. The summed E-state index contributed by atoms with van der Waals surface area (Å²) in [7, 11) is 0. The van der Waals surface area contributed by atoms with E-state index in [-0.39, 0.29) is 0 Å². The molecule has 0 aliphatic heterocycles. The third-order valence-corrected chi connectivity index (χ3v) is 4.31. The van der Waals surface area contributed by atoms with Crippen molar-refractivity contribution in [3.63, 3.8) is 0 Å². The summed E-state index contributed by atoms with van der Waals surface area (Å²) in [4.78, 5) is 0. The van der Waals surface area contributed by atoms with E-state index in [4.69, 9.17) is 4.74 Å². The zero-order valence-corrected chi connectivity index (χ0v) is 12.8. The first-order chi connectivity index (χ1) is 9.92. The van der Waals surface area contributed by atoms with Crippen molar-refractivity contribution in [2.75, 3.05) is 19.8 Å². The van der Waals surface area contributed by atoms with Crippen LogP contribution >= 0.6 is 0 Å². The van der Waals surface area contributed by atoms with Gasteiger partial charge in [-0.2, -0.15) is 0 Å². The molecule has 1 aromatic rings. The van der Waals surface area contributed by atoms with Crippen molar-refractivity contribution in [3.8, 4) is 0 Å². The van der Waals surface area contributed by atoms with E-state index in [1.165, 1.54) is 37.7 Å². The third kappa shape index (κ3) is 4.92. The smallest absolute Gasteiger partial charge is 0.0477 e. The number of rotatable bonds is 8. The van der Waals surface area contributed by atoms with E-state index in [1.54, 1.807) is 0 Å². The SMILES string of the molecule is CCOCCCNC(c1ccccc1)C1CCCCC1. The number of ether oxygens (including phenoxy) is 1. The molecule has 1 unspecified atom stereocenters. The van der Waals surface area contributed by atoms with Crippen LogP contribution in [0.15, 0.2) is 30.3 Å². The number of nitrogens with one attached hydrogen (secondary N) is 1. The first kappa shape index (κ1) is 15.5. The van der Waals surface area contributed by atoms with Crippen LogP contribution in [-0.2, 0) is 4.74 Å². The monoisotopic (exact) mass is 275 g/mol. The van der Waals surface area contributed by atoms with Gasteiger partial charge in [-0.25, -0.2) is 0 Å². The second-order valence-corrected chi connectivity index (χ2v) is 5.79. The fraction of sp³-hybridized carbons (Fsp3) is 0.667. The van der Waals surface area contributed by atoms with E-state index < -0.39 is 0 Å². The van der Waals surface area contributed by atoms with Gasteiger partial charge in [0.2, 0.25) is 0 Å². The minimum atomic E-state index is 0.526. The lowest BCUT2D eigenvalue weighted by molar-refractivity contribution is 0.142. The summed E-state index contributed by atoms with van der Waals surface area (Å²) in [5.41, 5.74) is 1.45. The molecule has 0 spiro atoms. The molecular formula is C18H29NO. The van der Waals surface area contributed by atoms with Gasteiger partial charge in [-0.3, -0.25) is 0 Å². The summed E-state index contributed by atoms with van der Waals surface area (Å²) in [5, 5.41) is 3.78. The minimum absolute atomic E-state index is 0.526. The molecule has 1 N–H and O–H groups in total. The summed E-state index contributed by atoms with van der Waals surface area (Å²) < 4.78 is 5.43. The summed E-state index contributed by atoms with van der Waals surface area (Å²) in [6.45, 7) is 4.80. The average Bonchev–Trinajstić information content (AvgIpc) is 2.53. The van der Waals surface area contributed by atoms with E-state index in [1.807, 2.05) is 0 Å². The Balaban J connectivity index is 1.90. The Morgan fingerprint density at radius 2 is 1.90 bits per heavy atom. The highest BCUT2D eigenvalue weighted by atomic mass is 16.5. The molecule has 1 atom stereocenters. The molecule has 0 saturated heterocycles. The molecule has 2 nitrogen and oxygen atoms in total. The van der Waals surface area contributed by atoms with Crippen LogP contribution in [0.2, 0.25) is 0 Å². The maximum absolute atomic E-state index is 5.43. The number of hydrogen-bond acceptors (Lipinski definition) is 2. The largest absolute Gasteiger partial charge is 0.382 e. The van der Waals surface area contributed by atoms with E-state index in [0.717, 1.165) is 32.1 Å². The Kier molecular flexibility index (Phi) is 7.10. The van der Waals surface area contributed by atoms with Gasteiger partial charge >= 0.3 is 0 Å². The molecule has 2 rings (SSSR count). The van der Waals surface area contributed by atoms with Gasteiger partial charge in [-0.05, 0) is 44.2 Å². The van der Waals surface area contributed by atoms with Crippen LogP contribution in [0.5, 0.6) is 0 Å². The second-order valence-electron chi connectivity index (χ2n) is 5.79. The van der Waals surface area contributed by atoms with Crippen molar-refractivity contribution in [2.45, 2.75) is 51.5 Å². The van der Waals surface area contributed by atoms with Gasteiger partial charge in [0.15, 0.2) is 0 Å². The Morgan fingerprint density at radius 3 is 2.60 bits per heavy atom. The highest BCUT2D eigenvalue weighted by Gasteiger charge is 2.24. The van der Waals surface area contributed by atoms with E-state index in [0.29, 0.717) is 6.04 Å². The van der Waals surface area contributed by atoms with Crippen LogP contribution in [0.3, 0.4) is 0 Å². The summed E-state index contributed by atoms with van der Waals surface area (Å²) >= 11 is 0. The zero-order chi connectivity index (χ0) is 14.0. The molecule has 112 valence electrons. The van der Waals surface area contributed by atoms with Gasteiger partial charge in [-0.1, -0.05) is 49.6 Å². The lowest BCUT2D eigenvalue weighted by Gasteiger charge is -2.31. The van der Waals surface area contributed by atoms with Crippen LogP contribution in [0.1, 0.15) is 57.1 Å². The average molecular weight is 275 g/mol. The maximum atomic E-state index is 5.43. The fourth-order valence-electron chi connectivity index (χ4n) is 3.26. The molecule has 0 bridgehead atoms. The molecule has 1 aliphatic carbocycles. The predicted octanol–water partition coefficient (Wildman–Crippen LogP) is 4.32. The summed E-state index contributed by atoms with van der Waals surface area (Å²) in [6, 6.07) is 11.5. The van der Waals surface area contributed by atoms with Crippen LogP contribution in [0.4, 0.5) is 0 Å². The third-order valence-electron chi connectivity index (χ3n) is 4.31. The lowest BCUT2D eigenvalue weighted by atomic mass is 9.81. The van der Waals surface area contributed by atoms with E-state index in [2.05, 4.69) is 42.6 Å². The molecule has 1 saturated carbocycles. The molecule has 1 aromatic carbocycles. The zero-order valence-electron chi connectivity index (χ0n) is 12.8. The van der Waals surface area contributed by atoms with Crippen LogP contribution < -0.4 is 5.32 Å². The van der Waals surface area contributed by atoms with Crippen LogP contribution in [-0.4, -0.2) is 19.8 Å². The number of hydrogen-bond donors (Lipinski definition) is 1. The Hall–Kier alpha value is -0.860. The van der Waals surface area contributed by atoms with Crippen LogP contribution in [0, 0.1) is 5.92 Å². The van der Waals surface area contributed by atoms with Crippen molar-refractivity contribution in [1.29, 1.82) is 0 Å². The highest BCUT2D eigenvalue weighted by molar-refractivity contribution is 5.19. The highest BCUT2D eigenvalue weighted by Crippen LogP contribution is 2.34. The van der Waals surface area contributed by atoms with Crippen molar-refractivity contribution in [2.24, 2.45) is 5.92 Å². The summed E-state index contributed by atoms with van der Waals surface area (Å²) in [5.74, 6) is 0.804. The van der Waals surface area contributed by atoms with Crippen molar-refractivity contribution < 1.29 is 4.74 Å². The maximum Gasteiger partial charge on any atom is 0.0477 e. The Bertz CT molecular complexity index is 346. The van der Waals surface area contributed by atoms with Gasteiger partial charge in [-0.15, -0.1) is 0 Å². The van der Waals surface area contributed by atoms with Gasteiger partial charge in [0.1, 0.15) is 0 Å². The topological polar surface area (TPSA) is 21.3 Å². The van der Waals surface area contributed by atoms with Gasteiger partial charge < -0.3 is 10.1 Å². The van der Waals surface area contributed by atoms with Crippen molar-refractivity contribution in [1.82, 2.24) is 5.32 Å². The quantitative estimate of drug-likeness (QED) is 0.713. The van der Waals surface area contributed by atoms with Crippen molar-refractivity contribution >= 4 is 0 Å². The van der Waals surface area contributed by atoms with Crippen LogP contribution in [0.25, 0.3) is 0 Å². The fourth-order valence-corrected chi connectivity index (χ4v) is 3.26. The summed E-state index contributed by atoms with van der Waals surface area (Å²) in [6.07, 6.45) is 8.06. The molecule has 1 aliphatic rings. The molecule has 1 fully saturated rings. The molecular weight excluding hydrogens is 246 g/mol. The molecule has 0 radical (unpaired) electrons. The second kappa shape index (κ2) is 9.15. The standard InChI is InChI=1S/C18H29NO/c1-2-20-15-9-14-19-18(16-10-5-3-6-11-16)17-12-7-4-8-13-17/h3,5-6,10-11,17-19H,2,4,7-9,12-15H2,1H3. The Morgan fingerprint density at radius 1 is 1.15 bits per heavy atom. The molecule has 20 heavy (non-hydrogen) atoms. The first-order valence-corrected chi connectivity index (χ1v) is 8.28. The molecule has 0 aromatic heterocycles. The lowest BCUT2D eigenvalue weighted by Crippen LogP contribution is -2.31. The Labute approximate surface area is 123 Å². The normalized spacial score (nSPS) is 18.1.